The summed E-state index contributed by atoms with van der Waals surface area (Å²) in [6, 6.07) is 8.89. The molecule has 1 fully saturated rings. The van der Waals surface area contributed by atoms with Gasteiger partial charge in [-0.2, -0.15) is 0 Å². The lowest BCUT2D eigenvalue weighted by Crippen LogP contribution is -2.47. The Labute approximate surface area is 127 Å². The van der Waals surface area contributed by atoms with Crippen LogP contribution in [0, 0.1) is 0 Å². The number of amides is 1. The van der Waals surface area contributed by atoms with Crippen molar-refractivity contribution < 1.29 is 9.90 Å². The van der Waals surface area contributed by atoms with Crippen molar-refractivity contribution >= 4 is 11.7 Å². The number of phenolic OH excluding ortho intramolecular Hbond substituents is 1. The van der Waals surface area contributed by atoms with Crippen molar-refractivity contribution in [3.05, 3.63) is 35.9 Å². The summed E-state index contributed by atoms with van der Waals surface area (Å²) in [5, 5.41) is 24.4. The Bertz CT molecular complexity index is 754. The highest BCUT2D eigenvalue weighted by molar-refractivity contribution is 6.05. The summed E-state index contributed by atoms with van der Waals surface area (Å²) in [5.41, 5.74) is 1.51. The van der Waals surface area contributed by atoms with Gasteiger partial charge in [-0.05, 0) is 37.6 Å². The zero-order chi connectivity index (χ0) is 15.2. The number of aromatic nitrogens is 2. The molecule has 2 aromatic rings. The maximum Gasteiger partial charge on any atom is 0.237 e. The number of piperidine rings is 1. The summed E-state index contributed by atoms with van der Waals surface area (Å²) in [4.78, 5) is 12.5. The van der Waals surface area contributed by atoms with Gasteiger partial charge in [-0.25, -0.2) is 0 Å². The van der Waals surface area contributed by atoms with Crippen LogP contribution in [-0.2, 0) is 10.2 Å². The van der Waals surface area contributed by atoms with Crippen molar-refractivity contribution in [3.63, 3.8) is 0 Å². The van der Waals surface area contributed by atoms with Crippen molar-refractivity contribution in [2.24, 2.45) is 0 Å². The third-order valence-electron chi connectivity index (χ3n) is 4.54. The van der Waals surface area contributed by atoms with Crippen LogP contribution in [0.5, 0.6) is 5.75 Å². The summed E-state index contributed by atoms with van der Waals surface area (Å²) in [6.07, 6.45) is 1.74. The van der Waals surface area contributed by atoms with Crippen LogP contribution in [0.2, 0.25) is 0 Å². The van der Waals surface area contributed by atoms with Gasteiger partial charge < -0.3 is 15.7 Å². The predicted octanol–water partition coefficient (Wildman–Crippen LogP) is 1.42. The molecule has 2 aliphatic heterocycles. The number of rotatable bonds is 1. The number of nitrogens with zero attached hydrogens (tertiary/aromatic N) is 2. The monoisotopic (exact) mass is 296 g/mol. The quantitative estimate of drug-likeness (QED) is 0.741. The van der Waals surface area contributed by atoms with E-state index in [1.807, 2.05) is 12.1 Å². The molecule has 0 radical (unpaired) electrons. The fourth-order valence-corrected chi connectivity index (χ4v) is 3.35. The number of benzene rings is 1. The second-order valence-electron chi connectivity index (χ2n) is 5.83. The van der Waals surface area contributed by atoms with E-state index in [9.17, 15) is 9.90 Å². The van der Waals surface area contributed by atoms with Gasteiger partial charge in [0.2, 0.25) is 5.91 Å². The van der Waals surface area contributed by atoms with Gasteiger partial charge >= 0.3 is 0 Å². The highest BCUT2D eigenvalue weighted by atomic mass is 16.3. The Morgan fingerprint density at radius 1 is 1.23 bits per heavy atom. The fourth-order valence-electron chi connectivity index (χ4n) is 3.35. The number of nitrogens with one attached hydrogen (secondary N) is 2. The molecule has 1 atom stereocenters. The van der Waals surface area contributed by atoms with E-state index in [0.29, 0.717) is 23.6 Å². The van der Waals surface area contributed by atoms with E-state index in [-0.39, 0.29) is 11.7 Å². The van der Waals surface area contributed by atoms with E-state index >= 15 is 0 Å². The van der Waals surface area contributed by atoms with Crippen molar-refractivity contribution in [1.29, 1.82) is 0 Å². The zero-order valence-corrected chi connectivity index (χ0v) is 12.0. The molecule has 6 nitrogen and oxygen atoms in total. The molecular formula is C16H16N4O2. The number of carbonyl (C=O) groups excluding carboxylic acids is 1. The van der Waals surface area contributed by atoms with Gasteiger partial charge in [0.05, 0.1) is 11.1 Å². The maximum atomic E-state index is 12.5. The van der Waals surface area contributed by atoms with Crippen LogP contribution in [-0.4, -0.2) is 34.3 Å². The molecule has 1 aromatic carbocycles. The molecule has 6 heteroatoms. The summed E-state index contributed by atoms with van der Waals surface area (Å²) in [7, 11) is 0. The Balaban J connectivity index is 1.85. The highest BCUT2D eigenvalue weighted by Crippen LogP contribution is 2.42. The Morgan fingerprint density at radius 2 is 2.09 bits per heavy atom. The number of phenols is 1. The molecule has 1 saturated heterocycles. The van der Waals surface area contributed by atoms with Crippen LogP contribution < -0.4 is 10.6 Å². The van der Waals surface area contributed by atoms with E-state index in [0.717, 1.165) is 24.9 Å². The molecule has 3 heterocycles. The van der Waals surface area contributed by atoms with E-state index < -0.39 is 5.41 Å². The van der Waals surface area contributed by atoms with Crippen molar-refractivity contribution in [2.45, 2.75) is 18.3 Å². The molecular weight excluding hydrogens is 280 g/mol. The highest BCUT2D eigenvalue weighted by Gasteiger charge is 2.48. The summed E-state index contributed by atoms with van der Waals surface area (Å²) in [5.74, 6) is 0.677. The third-order valence-corrected chi connectivity index (χ3v) is 4.54. The average molecular weight is 296 g/mol. The first-order chi connectivity index (χ1) is 10.7. The van der Waals surface area contributed by atoms with Crippen LogP contribution >= 0.6 is 0 Å². The van der Waals surface area contributed by atoms with Gasteiger partial charge in [0, 0.05) is 17.7 Å². The van der Waals surface area contributed by atoms with Gasteiger partial charge in [-0.15, -0.1) is 10.2 Å². The van der Waals surface area contributed by atoms with Gasteiger partial charge in [-0.1, -0.05) is 12.1 Å². The number of fused-ring (bicyclic) bond motifs is 2. The lowest BCUT2D eigenvalue weighted by atomic mass is 9.76. The first-order valence-corrected chi connectivity index (χ1v) is 7.39. The van der Waals surface area contributed by atoms with Gasteiger partial charge in [0.25, 0.3) is 0 Å². The maximum absolute atomic E-state index is 12.5. The number of anilines is 1. The molecule has 1 amide bonds. The standard InChI is InChI=1S/C16H16N4O2/c21-13-5-2-1-4-10(13)12-8-11-14(20-19-12)18-15(22)16(11)6-3-7-17-9-16/h1-2,4-5,8,17,21H,3,6-7,9H2,(H,18,20,22)/t16-/m1/s1. The average Bonchev–Trinajstić information content (AvgIpc) is 2.81. The zero-order valence-electron chi connectivity index (χ0n) is 12.0. The molecule has 0 bridgehead atoms. The first-order valence-electron chi connectivity index (χ1n) is 7.39. The SMILES string of the molecule is O=C1Nc2nnc(-c3ccccc3O)cc2[C@]12CCCNC2. The lowest BCUT2D eigenvalue weighted by Gasteiger charge is -2.31. The first kappa shape index (κ1) is 13.2. The Morgan fingerprint density at radius 3 is 2.86 bits per heavy atom. The fraction of sp³-hybridized carbons (Fsp3) is 0.312. The molecule has 1 aromatic heterocycles. The van der Waals surface area contributed by atoms with Crippen LogP contribution in [0.15, 0.2) is 30.3 Å². The molecule has 1 spiro atoms. The van der Waals surface area contributed by atoms with E-state index in [1.165, 1.54) is 0 Å². The second-order valence-corrected chi connectivity index (χ2v) is 5.83. The number of aromatic hydroxyl groups is 1. The van der Waals surface area contributed by atoms with E-state index in [1.54, 1.807) is 18.2 Å². The molecule has 2 aliphatic rings. The molecule has 0 aliphatic carbocycles. The van der Waals surface area contributed by atoms with E-state index in [2.05, 4.69) is 20.8 Å². The molecule has 0 saturated carbocycles. The van der Waals surface area contributed by atoms with Crippen LogP contribution in [0.25, 0.3) is 11.3 Å². The van der Waals surface area contributed by atoms with Gasteiger partial charge in [-0.3, -0.25) is 4.79 Å². The number of para-hydroxylation sites is 1. The van der Waals surface area contributed by atoms with Gasteiger partial charge in [0.15, 0.2) is 5.82 Å². The normalized spacial score (nSPS) is 23.4. The summed E-state index contributed by atoms with van der Waals surface area (Å²) >= 11 is 0. The third kappa shape index (κ3) is 1.80. The summed E-state index contributed by atoms with van der Waals surface area (Å²) in [6.45, 7) is 1.53. The number of hydrogen-bond acceptors (Lipinski definition) is 5. The molecule has 22 heavy (non-hydrogen) atoms. The largest absolute Gasteiger partial charge is 0.507 e. The molecule has 112 valence electrons. The van der Waals surface area contributed by atoms with Crippen LogP contribution in [0.3, 0.4) is 0 Å². The van der Waals surface area contributed by atoms with Crippen molar-refractivity contribution in [1.82, 2.24) is 15.5 Å². The van der Waals surface area contributed by atoms with Crippen LogP contribution in [0.1, 0.15) is 18.4 Å². The number of hydrogen-bond donors (Lipinski definition) is 3. The second kappa shape index (κ2) is 4.78. The smallest absolute Gasteiger partial charge is 0.237 e. The van der Waals surface area contributed by atoms with Gasteiger partial charge in [0.1, 0.15) is 5.75 Å². The lowest BCUT2D eigenvalue weighted by molar-refractivity contribution is -0.121. The molecule has 4 rings (SSSR count). The molecule has 0 unspecified atom stereocenters. The van der Waals surface area contributed by atoms with Crippen LogP contribution in [0.4, 0.5) is 5.82 Å². The molecule has 3 N–H and O–H groups in total. The van der Waals surface area contributed by atoms with Crippen molar-refractivity contribution in [2.75, 3.05) is 18.4 Å². The summed E-state index contributed by atoms with van der Waals surface area (Å²) < 4.78 is 0. The minimum atomic E-state index is -0.567. The van der Waals surface area contributed by atoms with Crippen molar-refractivity contribution in [3.8, 4) is 17.0 Å². The minimum Gasteiger partial charge on any atom is -0.507 e. The Hall–Kier alpha value is -2.47. The number of carbonyl (C=O) groups is 1. The topological polar surface area (TPSA) is 87.1 Å². The van der Waals surface area contributed by atoms with E-state index in [4.69, 9.17) is 0 Å². The minimum absolute atomic E-state index is 0.0153. The predicted molar refractivity (Wildman–Crippen MR) is 81.5 cm³/mol. The Kier molecular flexibility index (Phi) is 2.87.